The Morgan fingerprint density at radius 1 is 0.468 bits per heavy atom. The van der Waals surface area contributed by atoms with E-state index in [1.165, 1.54) is 27.3 Å². The van der Waals surface area contributed by atoms with Crippen molar-refractivity contribution in [2.24, 2.45) is 5.06 Å². The Balaban J connectivity index is 1.23. The van der Waals surface area contributed by atoms with Crippen molar-refractivity contribution in [3.8, 4) is 0 Å². The van der Waals surface area contributed by atoms with Gasteiger partial charge in [0.05, 0.1) is 0 Å². The number of hydrogen-bond acceptors (Lipinski definition) is 5. The molecule has 2 aliphatic rings. The van der Waals surface area contributed by atoms with Gasteiger partial charge in [-0.2, -0.15) is 0 Å². The molecule has 6 rings (SSSR count). The van der Waals surface area contributed by atoms with Crippen LogP contribution in [0.1, 0.15) is 42.4 Å². The standard InChI is InChI=1S/C39H45BNO4P2/c40-41-45-30-37-23-22-36(29-44-26-33-16-8-3-9-17-33)47(37)39-19-11-10-18-38(39)46-34(27-42-24-31-12-4-1-5-13-31)20-21-35(46)28-43-25-32-14-6-2-7-15-32/h1-19,34-37H,20-30H2/t34-,35-,36-,37-,47?/m0/s1. The molecule has 0 bridgehead atoms. The van der Waals surface area contributed by atoms with E-state index in [1.54, 1.807) is 0 Å². The van der Waals surface area contributed by atoms with Gasteiger partial charge in [-0.1, -0.05) is 66.7 Å². The molecular weight excluding hydrogens is 619 g/mol. The van der Waals surface area contributed by atoms with Crippen molar-refractivity contribution >= 4 is 34.1 Å². The van der Waals surface area contributed by atoms with Crippen LogP contribution in [0.15, 0.2) is 120 Å². The molecule has 0 aliphatic carbocycles. The summed E-state index contributed by atoms with van der Waals surface area (Å²) >= 11 is 0. The molecule has 243 valence electrons. The molecule has 5 atom stereocenters. The summed E-state index contributed by atoms with van der Waals surface area (Å²) in [5, 5.41) is 6.58. The van der Waals surface area contributed by atoms with E-state index in [0.29, 0.717) is 49.1 Å². The van der Waals surface area contributed by atoms with Crippen LogP contribution in [0.4, 0.5) is 0 Å². The average molecular weight is 665 g/mol. The molecule has 4 aromatic carbocycles. The second-order valence-corrected chi connectivity index (χ2v) is 18.0. The van der Waals surface area contributed by atoms with Crippen molar-refractivity contribution in [1.82, 2.24) is 0 Å². The van der Waals surface area contributed by atoms with Gasteiger partial charge in [0.1, 0.15) is 0 Å². The molecule has 47 heavy (non-hydrogen) atoms. The van der Waals surface area contributed by atoms with Gasteiger partial charge in [0.2, 0.25) is 0 Å². The van der Waals surface area contributed by atoms with Gasteiger partial charge in [0, 0.05) is 0 Å². The van der Waals surface area contributed by atoms with Crippen LogP contribution in [0, 0.1) is 0 Å². The minimum atomic E-state index is -0.563. The second-order valence-electron chi connectivity index (χ2n) is 12.5. The summed E-state index contributed by atoms with van der Waals surface area (Å²) < 4.78 is 19.3. The first kappa shape index (κ1) is 34.2. The first-order chi connectivity index (χ1) is 23.3. The van der Waals surface area contributed by atoms with Gasteiger partial charge in [0.15, 0.2) is 0 Å². The van der Waals surface area contributed by atoms with Gasteiger partial charge in [-0.15, -0.1) is 0 Å². The van der Waals surface area contributed by atoms with Gasteiger partial charge < -0.3 is 0 Å². The molecule has 5 nitrogen and oxygen atoms in total. The monoisotopic (exact) mass is 664 g/mol. The number of benzene rings is 4. The Kier molecular flexibility index (Phi) is 13.2. The molecule has 0 amide bonds. The Morgan fingerprint density at radius 3 is 1.13 bits per heavy atom. The third kappa shape index (κ3) is 9.47. The number of hydrogen-bond donors (Lipinski definition) is 0. The molecule has 1 radical (unpaired) electrons. The molecule has 0 aromatic heterocycles. The van der Waals surface area contributed by atoms with E-state index in [-0.39, 0.29) is 0 Å². The quantitative estimate of drug-likeness (QED) is 0.0655. The fourth-order valence-corrected chi connectivity index (χ4v) is 14.4. The minimum Gasteiger partial charge on any atom is -0.0622 e. The van der Waals surface area contributed by atoms with E-state index < -0.39 is 15.8 Å². The van der Waals surface area contributed by atoms with Gasteiger partial charge in [-0.25, -0.2) is 0 Å². The Morgan fingerprint density at radius 2 is 0.787 bits per heavy atom. The Hall–Kier alpha value is -2.72. The van der Waals surface area contributed by atoms with Crippen LogP contribution in [0.5, 0.6) is 0 Å². The van der Waals surface area contributed by atoms with Crippen molar-refractivity contribution in [2.75, 3.05) is 26.4 Å². The fraction of sp³-hybridized carbons (Fsp3) is 0.385. The normalized spacial score (nSPS) is 22.7. The van der Waals surface area contributed by atoms with Crippen molar-refractivity contribution in [2.45, 2.75) is 68.1 Å². The Labute approximate surface area is 284 Å². The van der Waals surface area contributed by atoms with E-state index in [0.717, 1.165) is 45.5 Å². The summed E-state index contributed by atoms with van der Waals surface area (Å²) in [7, 11) is 4.38. The third-order valence-corrected chi connectivity index (χ3v) is 16.1. The molecule has 2 fully saturated rings. The molecule has 2 heterocycles. The first-order valence-electron chi connectivity index (χ1n) is 16.8. The van der Waals surface area contributed by atoms with Crippen LogP contribution in [-0.2, 0) is 38.9 Å². The summed E-state index contributed by atoms with van der Waals surface area (Å²) in [5.41, 5.74) is 5.47. The molecule has 0 spiro atoms. The number of ether oxygens (including phenoxy) is 3. The topological polar surface area (TPSA) is 49.3 Å². The van der Waals surface area contributed by atoms with Crippen molar-refractivity contribution in [3.63, 3.8) is 0 Å². The molecular formula is C39H45BNO4P2. The van der Waals surface area contributed by atoms with Crippen molar-refractivity contribution < 1.29 is 19.0 Å². The van der Waals surface area contributed by atoms with E-state index in [9.17, 15) is 0 Å². The molecule has 2 saturated heterocycles. The van der Waals surface area contributed by atoms with Gasteiger partial charge >= 0.3 is 207 Å². The fourth-order valence-electron chi connectivity index (χ4n) is 7.05. The smallest absolute Gasteiger partial charge is 0.0622 e. The van der Waals surface area contributed by atoms with Crippen LogP contribution >= 0.6 is 15.8 Å². The summed E-state index contributed by atoms with van der Waals surface area (Å²) in [6, 6.07) is 40.8. The predicted molar refractivity (Wildman–Crippen MR) is 196 cm³/mol. The van der Waals surface area contributed by atoms with E-state index in [2.05, 4.69) is 120 Å². The van der Waals surface area contributed by atoms with Gasteiger partial charge in [-0.3, -0.25) is 0 Å². The number of nitrogens with zero attached hydrogens (tertiary/aromatic N) is 1. The third-order valence-electron chi connectivity index (χ3n) is 9.28. The molecule has 2 aliphatic heterocycles. The van der Waals surface area contributed by atoms with Crippen LogP contribution in [-0.4, -0.2) is 56.7 Å². The van der Waals surface area contributed by atoms with Crippen LogP contribution < -0.4 is 10.6 Å². The number of rotatable bonds is 17. The van der Waals surface area contributed by atoms with E-state index in [1.807, 2.05) is 0 Å². The van der Waals surface area contributed by atoms with Crippen LogP contribution in [0.2, 0.25) is 0 Å². The summed E-state index contributed by atoms with van der Waals surface area (Å²) in [5.74, 6) is 0. The zero-order valence-electron chi connectivity index (χ0n) is 27.1. The zero-order chi connectivity index (χ0) is 32.1. The van der Waals surface area contributed by atoms with Crippen molar-refractivity contribution in [3.05, 3.63) is 132 Å². The average Bonchev–Trinajstić information content (AvgIpc) is 3.72. The van der Waals surface area contributed by atoms with Crippen LogP contribution in [0.3, 0.4) is 0 Å². The van der Waals surface area contributed by atoms with Crippen LogP contribution in [0.25, 0.3) is 0 Å². The maximum atomic E-state index is 6.45. The van der Waals surface area contributed by atoms with E-state index >= 15 is 0 Å². The van der Waals surface area contributed by atoms with E-state index in [4.69, 9.17) is 26.7 Å². The first-order valence-corrected chi connectivity index (χ1v) is 19.8. The second kappa shape index (κ2) is 18.2. The van der Waals surface area contributed by atoms with Crippen molar-refractivity contribution in [1.29, 1.82) is 0 Å². The Bertz CT molecular complexity index is 1450. The zero-order valence-corrected chi connectivity index (χ0v) is 28.9. The summed E-state index contributed by atoms with van der Waals surface area (Å²) in [4.78, 5) is 5.53. The minimum absolute atomic E-state index is 0.391. The molecule has 4 aromatic rings. The van der Waals surface area contributed by atoms with Gasteiger partial charge in [-0.05, 0) is 11.1 Å². The SMILES string of the molecule is [B]=NOC[C@@H]1CC[C@@H](COCc2ccccc2)P1c1ccccc1P1[C@H](COCc2ccccc2)CC[C@H]1COCc1ccccc1. The summed E-state index contributed by atoms with van der Waals surface area (Å²) in [6.45, 7) is 4.76. The molecule has 0 N–H and O–H groups in total. The van der Waals surface area contributed by atoms with Gasteiger partial charge in [0.25, 0.3) is 0 Å². The predicted octanol–water partition coefficient (Wildman–Crippen LogP) is 7.90. The molecule has 1 unspecified atom stereocenters. The maximum absolute atomic E-state index is 6.45. The molecule has 0 saturated carbocycles. The summed E-state index contributed by atoms with van der Waals surface area (Å²) in [6.07, 6.45) is 4.54. The molecule has 8 heteroatoms.